The van der Waals surface area contributed by atoms with E-state index in [0.29, 0.717) is 16.2 Å². The molecule has 1 heterocycles. The number of nitrogen functional groups attached to an aromatic ring is 1. The Balaban J connectivity index is 2.37. The van der Waals surface area contributed by atoms with Crippen LogP contribution in [-0.4, -0.2) is 4.98 Å². The second-order valence-corrected chi connectivity index (χ2v) is 4.29. The van der Waals surface area contributed by atoms with Crippen molar-refractivity contribution in [3.05, 3.63) is 46.2 Å². The highest BCUT2D eigenvalue weighted by atomic mass is 79.9. The Bertz CT molecular complexity index is 604. The standard InChI is InChI=1S/C11H7BrF3N3/c12-6-3-5(13)1-2-9(6)17-11-8(15)4-7(14)10(16)18-11/h1-4H,(H3,16,17,18). The molecule has 0 radical (unpaired) electrons. The smallest absolute Gasteiger partial charge is 0.169 e. The van der Waals surface area contributed by atoms with E-state index in [1.165, 1.54) is 18.2 Å². The average Bonchev–Trinajstić information content (AvgIpc) is 2.29. The first-order valence-electron chi connectivity index (χ1n) is 4.81. The number of anilines is 3. The van der Waals surface area contributed by atoms with Gasteiger partial charge in [-0.1, -0.05) is 0 Å². The summed E-state index contributed by atoms with van der Waals surface area (Å²) in [6.07, 6.45) is 0. The molecule has 0 aliphatic carbocycles. The Morgan fingerprint density at radius 1 is 1.11 bits per heavy atom. The molecular formula is C11H7BrF3N3. The highest BCUT2D eigenvalue weighted by Crippen LogP contribution is 2.27. The number of nitrogens with one attached hydrogen (secondary N) is 1. The van der Waals surface area contributed by atoms with Gasteiger partial charge in [0.05, 0.1) is 5.69 Å². The molecular weight excluding hydrogens is 311 g/mol. The molecule has 0 aliphatic heterocycles. The average molecular weight is 318 g/mol. The van der Waals surface area contributed by atoms with Crippen LogP contribution in [0.15, 0.2) is 28.7 Å². The molecule has 0 saturated carbocycles. The second kappa shape index (κ2) is 4.85. The fraction of sp³-hybridized carbons (Fsp3) is 0. The molecule has 0 amide bonds. The molecule has 7 heteroatoms. The van der Waals surface area contributed by atoms with E-state index in [2.05, 4.69) is 26.2 Å². The summed E-state index contributed by atoms with van der Waals surface area (Å²) in [5.74, 6) is -2.92. The molecule has 18 heavy (non-hydrogen) atoms. The van der Waals surface area contributed by atoms with Gasteiger partial charge in [-0.25, -0.2) is 18.2 Å². The van der Waals surface area contributed by atoms with Crippen LogP contribution in [0.3, 0.4) is 0 Å². The lowest BCUT2D eigenvalue weighted by molar-refractivity contribution is 0.581. The van der Waals surface area contributed by atoms with Gasteiger partial charge in [-0.3, -0.25) is 0 Å². The summed E-state index contributed by atoms with van der Waals surface area (Å²) in [4.78, 5) is 3.53. The fourth-order valence-corrected chi connectivity index (χ4v) is 1.74. The van der Waals surface area contributed by atoms with Crippen molar-refractivity contribution in [3.63, 3.8) is 0 Å². The van der Waals surface area contributed by atoms with Gasteiger partial charge >= 0.3 is 0 Å². The lowest BCUT2D eigenvalue weighted by atomic mass is 10.3. The summed E-state index contributed by atoms with van der Waals surface area (Å²) < 4.78 is 39.6. The summed E-state index contributed by atoms with van der Waals surface area (Å²) in [6.45, 7) is 0. The molecule has 0 fully saturated rings. The van der Waals surface area contributed by atoms with Crippen LogP contribution in [0.1, 0.15) is 0 Å². The Morgan fingerprint density at radius 3 is 2.50 bits per heavy atom. The zero-order chi connectivity index (χ0) is 13.3. The Kier molecular flexibility index (Phi) is 3.42. The van der Waals surface area contributed by atoms with Crippen LogP contribution < -0.4 is 11.1 Å². The van der Waals surface area contributed by atoms with Gasteiger partial charge in [0.25, 0.3) is 0 Å². The molecule has 0 saturated heterocycles. The summed E-state index contributed by atoms with van der Waals surface area (Å²) in [5.41, 5.74) is 5.62. The van der Waals surface area contributed by atoms with E-state index in [1.807, 2.05) is 0 Å². The molecule has 94 valence electrons. The maximum Gasteiger partial charge on any atom is 0.169 e. The van der Waals surface area contributed by atoms with Crippen LogP contribution in [0.4, 0.5) is 30.5 Å². The zero-order valence-electron chi connectivity index (χ0n) is 8.85. The molecule has 0 spiro atoms. The summed E-state index contributed by atoms with van der Waals surface area (Å²) in [7, 11) is 0. The van der Waals surface area contributed by atoms with Crippen molar-refractivity contribution < 1.29 is 13.2 Å². The number of halogens is 4. The summed E-state index contributed by atoms with van der Waals surface area (Å²) in [6, 6.07) is 4.41. The number of pyridine rings is 1. The second-order valence-electron chi connectivity index (χ2n) is 3.44. The van der Waals surface area contributed by atoms with E-state index in [0.717, 1.165) is 0 Å². The molecule has 0 atom stereocenters. The number of rotatable bonds is 2. The first kappa shape index (κ1) is 12.7. The minimum Gasteiger partial charge on any atom is -0.381 e. The maximum atomic E-state index is 13.4. The van der Waals surface area contributed by atoms with Gasteiger partial charge in [-0.15, -0.1) is 0 Å². The minimum absolute atomic E-state index is 0.235. The molecule has 2 rings (SSSR count). The van der Waals surface area contributed by atoms with Crippen molar-refractivity contribution in [3.8, 4) is 0 Å². The molecule has 3 nitrogen and oxygen atoms in total. The Morgan fingerprint density at radius 2 is 1.83 bits per heavy atom. The van der Waals surface area contributed by atoms with E-state index in [1.54, 1.807) is 0 Å². The van der Waals surface area contributed by atoms with Crippen LogP contribution in [0.5, 0.6) is 0 Å². The predicted molar refractivity (Wildman–Crippen MR) is 65.9 cm³/mol. The van der Waals surface area contributed by atoms with E-state index >= 15 is 0 Å². The van der Waals surface area contributed by atoms with Gasteiger partial charge in [0.2, 0.25) is 0 Å². The molecule has 0 aliphatic rings. The highest BCUT2D eigenvalue weighted by molar-refractivity contribution is 9.10. The third-order valence-electron chi connectivity index (χ3n) is 2.14. The van der Waals surface area contributed by atoms with E-state index in [-0.39, 0.29) is 5.82 Å². The largest absolute Gasteiger partial charge is 0.381 e. The van der Waals surface area contributed by atoms with Crippen molar-refractivity contribution in [1.82, 2.24) is 4.98 Å². The normalized spacial score (nSPS) is 10.4. The molecule has 2 aromatic rings. The molecule has 3 N–H and O–H groups in total. The lowest BCUT2D eigenvalue weighted by Crippen LogP contribution is -2.03. The SMILES string of the molecule is Nc1nc(Nc2ccc(F)cc2Br)c(F)cc1F. The number of aromatic nitrogens is 1. The van der Waals surface area contributed by atoms with Gasteiger partial charge in [-0.05, 0) is 34.1 Å². The monoisotopic (exact) mass is 317 g/mol. The van der Waals surface area contributed by atoms with Crippen molar-refractivity contribution in [2.24, 2.45) is 0 Å². The number of hydrogen-bond acceptors (Lipinski definition) is 3. The quantitative estimate of drug-likeness (QED) is 0.890. The van der Waals surface area contributed by atoms with Gasteiger partial charge in [0.15, 0.2) is 23.3 Å². The van der Waals surface area contributed by atoms with Crippen molar-refractivity contribution in [2.45, 2.75) is 0 Å². The van der Waals surface area contributed by atoms with E-state index < -0.39 is 23.3 Å². The molecule has 1 aromatic heterocycles. The van der Waals surface area contributed by atoms with Crippen molar-refractivity contribution in [2.75, 3.05) is 11.1 Å². The number of benzene rings is 1. The van der Waals surface area contributed by atoms with Crippen LogP contribution in [-0.2, 0) is 0 Å². The first-order valence-corrected chi connectivity index (χ1v) is 5.60. The van der Waals surface area contributed by atoms with Gasteiger partial charge in [-0.2, -0.15) is 0 Å². The van der Waals surface area contributed by atoms with Crippen LogP contribution in [0.25, 0.3) is 0 Å². The molecule has 0 unspecified atom stereocenters. The highest BCUT2D eigenvalue weighted by Gasteiger charge is 2.11. The third-order valence-corrected chi connectivity index (χ3v) is 2.80. The van der Waals surface area contributed by atoms with Crippen LogP contribution in [0, 0.1) is 17.5 Å². The predicted octanol–water partition coefficient (Wildman–Crippen LogP) is 3.59. The first-order chi connectivity index (χ1) is 8.47. The fourth-order valence-electron chi connectivity index (χ4n) is 1.29. The van der Waals surface area contributed by atoms with Crippen molar-refractivity contribution >= 4 is 33.3 Å². The number of nitrogens with two attached hydrogens (primary N) is 1. The minimum atomic E-state index is -0.934. The summed E-state index contributed by atoms with van der Waals surface area (Å²) >= 11 is 3.10. The van der Waals surface area contributed by atoms with Crippen LogP contribution in [0.2, 0.25) is 0 Å². The van der Waals surface area contributed by atoms with Crippen LogP contribution >= 0.6 is 15.9 Å². The molecule has 0 bridgehead atoms. The third kappa shape index (κ3) is 2.56. The maximum absolute atomic E-state index is 13.4. The van der Waals surface area contributed by atoms with E-state index in [9.17, 15) is 13.2 Å². The summed E-state index contributed by atoms with van der Waals surface area (Å²) in [5, 5.41) is 2.59. The Hall–Kier alpha value is -1.76. The van der Waals surface area contributed by atoms with Crippen molar-refractivity contribution in [1.29, 1.82) is 0 Å². The van der Waals surface area contributed by atoms with E-state index in [4.69, 9.17) is 5.73 Å². The zero-order valence-corrected chi connectivity index (χ0v) is 10.4. The number of hydrogen-bond donors (Lipinski definition) is 2. The number of nitrogens with zero attached hydrogens (tertiary/aromatic N) is 1. The Labute approximate surface area is 109 Å². The van der Waals surface area contributed by atoms with Gasteiger partial charge in [0, 0.05) is 10.5 Å². The van der Waals surface area contributed by atoms with Gasteiger partial charge < -0.3 is 11.1 Å². The van der Waals surface area contributed by atoms with Gasteiger partial charge in [0.1, 0.15) is 5.82 Å². The lowest BCUT2D eigenvalue weighted by Gasteiger charge is -2.09. The topological polar surface area (TPSA) is 50.9 Å². The molecule has 1 aromatic carbocycles.